The molecule has 8 aromatic rings. The Morgan fingerprint density at radius 3 is 1.90 bits per heavy atom. The van der Waals surface area contributed by atoms with Crippen molar-refractivity contribution in [1.82, 2.24) is 19.9 Å². The molecule has 0 fully saturated rings. The molecule has 0 atom stereocenters. The first-order chi connectivity index (χ1) is 23.7. The SMILES string of the molecule is Oc1ccccc1-c1cc(-c2ccccn2)cc(C2(c3cccc(-c4cnc5ccccc5n4)c3)c3ccccc3-c3ccccc32)n1. The van der Waals surface area contributed by atoms with Gasteiger partial charge in [0.05, 0.1) is 45.4 Å². The number of pyridine rings is 2. The van der Waals surface area contributed by atoms with Crippen molar-refractivity contribution in [1.29, 1.82) is 0 Å². The van der Waals surface area contributed by atoms with E-state index in [1.807, 2.05) is 72.9 Å². The maximum Gasteiger partial charge on any atom is 0.124 e. The van der Waals surface area contributed by atoms with Gasteiger partial charge in [0, 0.05) is 22.9 Å². The number of nitrogens with zero attached hydrogens (tertiary/aromatic N) is 4. The monoisotopic (exact) mass is 616 g/mol. The lowest BCUT2D eigenvalue weighted by Gasteiger charge is -2.33. The Balaban J connectivity index is 1.37. The average Bonchev–Trinajstić information content (AvgIpc) is 3.46. The van der Waals surface area contributed by atoms with Gasteiger partial charge in [0.15, 0.2) is 0 Å². The van der Waals surface area contributed by atoms with Crippen molar-refractivity contribution in [3.8, 4) is 50.6 Å². The molecule has 3 heterocycles. The van der Waals surface area contributed by atoms with Crippen LogP contribution in [0, 0.1) is 0 Å². The molecule has 0 aliphatic heterocycles. The molecule has 1 N–H and O–H groups in total. The van der Waals surface area contributed by atoms with Crippen LogP contribution in [-0.2, 0) is 5.41 Å². The number of aromatic nitrogens is 4. The number of hydrogen-bond acceptors (Lipinski definition) is 5. The standard InChI is InChI=1S/C43H28N4O/c48-41-22-8-3-16-33(41)39-25-29(36-19-9-10-23-44-36)26-42(47-39)43(34-17-4-1-14-31(34)32-15-2-5-18-35(32)43)30-13-11-12-28(24-30)40-27-45-37-20-6-7-21-38(37)46-40/h1-27,48H. The molecule has 0 spiro atoms. The van der Waals surface area contributed by atoms with Crippen LogP contribution in [0.2, 0.25) is 0 Å². The Kier molecular flexibility index (Phi) is 6.44. The molecular formula is C43H28N4O. The highest BCUT2D eigenvalue weighted by Gasteiger charge is 2.47. The Hall–Kier alpha value is -6.46. The van der Waals surface area contributed by atoms with Crippen LogP contribution in [0.5, 0.6) is 5.75 Å². The molecule has 0 unspecified atom stereocenters. The molecule has 0 saturated heterocycles. The summed E-state index contributed by atoms with van der Waals surface area (Å²) in [5.41, 5.74) is 12.3. The maximum atomic E-state index is 11.0. The van der Waals surface area contributed by atoms with Crippen molar-refractivity contribution in [2.75, 3.05) is 0 Å². The number of benzene rings is 5. The first kappa shape index (κ1) is 27.8. The topological polar surface area (TPSA) is 71.8 Å². The van der Waals surface area contributed by atoms with E-state index in [2.05, 4.69) is 78.9 Å². The molecule has 226 valence electrons. The minimum Gasteiger partial charge on any atom is -0.507 e. The van der Waals surface area contributed by atoms with Crippen molar-refractivity contribution in [3.63, 3.8) is 0 Å². The zero-order valence-electron chi connectivity index (χ0n) is 25.8. The van der Waals surface area contributed by atoms with Crippen LogP contribution < -0.4 is 0 Å². The van der Waals surface area contributed by atoms with Gasteiger partial charge in [0.2, 0.25) is 0 Å². The third-order valence-corrected chi connectivity index (χ3v) is 9.34. The fourth-order valence-electron chi connectivity index (χ4n) is 7.21. The third-order valence-electron chi connectivity index (χ3n) is 9.34. The zero-order valence-corrected chi connectivity index (χ0v) is 25.8. The number of rotatable bonds is 5. The minimum atomic E-state index is -0.794. The molecule has 0 saturated carbocycles. The van der Waals surface area contributed by atoms with Gasteiger partial charge in [0.1, 0.15) is 5.75 Å². The highest BCUT2D eigenvalue weighted by atomic mass is 16.3. The molecule has 48 heavy (non-hydrogen) atoms. The molecule has 0 radical (unpaired) electrons. The van der Waals surface area contributed by atoms with Crippen LogP contribution >= 0.6 is 0 Å². The Labute approximate surface area is 277 Å². The van der Waals surface area contributed by atoms with Crippen molar-refractivity contribution in [3.05, 3.63) is 186 Å². The molecule has 3 aromatic heterocycles. The average molecular weight is 617 g/mol. The molecular weight excluding hydrogens is 589 g/mol. The number of fused-ring (bicyclic) bond motifs is 4. The van der Waals surface area contributed by atoms with Gasteiger partial charge < -0.3 is 5.11 Å². The summed E-state index contributed by atoms with van der Waals surface area (Å²) in [5.74, 6) is 0.173. The fraction of sp³-hybridized carbons (Fsp3) is 0.0233. The van der Waals surface area contributed by atoms with E-state index in [-0.39, 0.29) is 5.75 Å². The quantitative estimate of drug-likeness (QED) is 0.209. The summed E-state index contributed by atoms with van der Waals surface area (Å²) >= 11 is 0. The summed E-state index contributed by atoms with van der Waals surface area (Å²) in [4.78, 5) is 19.9. The van der Waals surface area contributed by atoms with E-state index < -0.39 is 5.41 Å². The summed E-state index contributed by atoms with van der Waals surface area (Å²) in [7, 11) is 0. The lowest BCUT2D eigenvalue weighted by molar-refractivity contribution is 0.477. The van der Waals surface area contributed by atoms with Crippen LogP contribution in [-0.4, -0.2) is 25.0 Å². The first-order valence-electron chi connectivity index (χ1n) is 15.9. The lowest BCUT2D eigenvalue weighted by Crippen LogP contribution is -2.30. The third kappa shape index (κ3) is 4.32. The molecule has 0 amide bonds. The fourth-order valence-corrected chi connectivity index (χ4v) is 7.21. The predicted octanol–water partition coefficient (Wildman–Crippen LogP) is 9.49. The molecule has 9 rings (SSSR count). The maximum absolute atomic E-state index is 11.0. The van der Waals surface area contributed by atoms with Gasteiger partial charge in [-0.3, -0.25) is 15.0 Å². The van der Waals surface area contributed by atoms with Gasteiger partial charge in [0.25, 0.3) is 0 Å². The molecule has 5 nitrogen and oxygen atoms in total. The minimum absolute atomic E-state index is 0.173. The Bertz CT molecular complexity index is 2450. The largest absolute Gasteiger partial charge is 0.507 e. The smallest absolute Gasteiger partial charge is 0.124 e. The van der Waals surface area contributed by atoms with E-state index in [0.717, 1.165) is 67.1 Å². The van der Waals surface area contributed by atoms with E-state index in [1.165, 1.54) is 0 Å². The molecule has 0 bridgehead atoms. The van der Waals surface area contributed by atoms with Crippen molar-refractivity contribution in [2.24, 2.45) is 0 Å². The van der Waals surface area contributed by atoms with Crippen molar-refractivity contribution >= 4 is 11.0 Å². The van der Waals surface area contributed by atoms with E-state index in [9.17, 15) is 5.11 Å². The summed E-state index contributed by atoms with van der Waals surface area (Å²) in [6, 6.07) is 51.2. The zero-order chi connectivity index (χ0) is 32.1. The van der Waals surface area contributed by atoms with Gasteiger partial charge in [-0.05, 0) is 82.4 Å². The second-order valence-corrected chi connectivity index (χ2v) is 12.0. The Morgan fingerprint density at radius 2 is 1.15 bits per heavy atom. The highest BCUT2D eigenvalue weighted by Crippen LogP contribution is 2.56. The van der Waals surface area contributed by atoms with Crippen LogP contribution in [0.4, 0.5) is 0 Å². The van der Waals surface area contributed by atoms with Gasteiger partial charge >= 0.3 is 0 Å². The summed E-state index contributed by atoms with van der Waals surface area (Å²) in [6.07, 6.45) is 3.65. The molecule has 5 aromatic carbocycles. The molecule has 1 aliphatic rings. The van der Waals surface area contributed by atoms with E-state index >= 15 is 0 Å². The second kappa shape index (κ2) is 11.1. The van der Waals surface area contributed by atoms with Crippen LogP contribution in [0.15, 0.2) is 164 Å². The number of hydrogen-bond donors (Lipinski definition) is 1. The Morgan fingerprint density at radius 1 is 0.458 bits per heavy atom. The second-order valence-electron chi connectivity index (χ2n) is 12.0. The van der Waals surface area contributed by atoms with Crippen molar-refractivity contribution < 1.29 is 5.11 Å². The van der Waals surface area contributed by atoms with Gasteiger partial charge in [-0.15, -0.1) is 0 Å². The van der Waals surface area contributed by atoms with E-state index in [0.29, 0.717) is 11.3 Å². The lowest BCUT2D eigenvalue weighted by atomic mass is 9.69. The van der Waals surface area contributed by atoms with E-state index in [1.54, 1.807) is 12.3 Å². The first-order valence-corrected chi connectivity index (χ1v) is 15.9. The van der Waals surface area contributed by atoms with Gasteiger partial charge in [-0.25, -0.2) is 4.98 Å². The summed E-state index contributed by atoms with van der Waals surface area (Å²) < 4.78 is 0. The summed E-state index contributed by atoms with van der Waals surface area (Å²) in [6.45, 7) is 0. The van der Waals surface area contributed by atoms with Gasteiger partial charge in [-0.1, -0.05) is 97.1 Å². The number of para-hydroxylation sites is 3. The number of aromatic hydroxyl groups is 1. The van der Waals surface area contributed by atoms with Crippen molar-refractivity contribution in [2.45, 2.75) is 5.41 Å². The van der Waals surface area contributed by atoms with E-state index in [4.69, 9.17) is 19.9 Å². The molecule has 5 heteroatoms. The summed E-state index contributed by atoms with van der Waals surface area (Å²) in [5, 5.41) is 11.0. The predicted molar refractivity (Wildman–Crippen MR) is 190 cm³/mol. The van der Waals surface area contributed by atoms with Gasteiger partial charge in [-0.2, -0.15) is 0 Å². The van der Waals surface area contributed by atoms with Crippen LogP contribution in [0.1, 0.15) is 22.4 Å². The number of phenols is 1. The van der Waals surface area contributed by atoms with Crippen LogP contribution in [0.3, 0.4) is 0 Å². The van der Waals surface area contributed by atoms with Crippen LogP contribution in [0.25, 0.3) is 55.9 Å². The highest BCUT2D eigenvalue weighted by molar-refractivity contribution is 5.87. The molecule has 1 aliphatic carbocycles. The number of phenolic OH excluding ortho intramolecular Hbond substituents is 1. The normalized spacial score (nSPS) is 12.8.